The number of rotatable bonds is 17. The third-order valence-corrected chi connectivity index (χ3v) is 6.06. The van der Waals surface area contributed by atoms with Gasteiger partial charge >= 0.3 is 5.97 Å². The highest BCUT2D eigenvalue weighted by molar-refractivity contribution is 5.66. The molecule has 0 spiro atoms. The molecule has 0 aromatic carbocycles. The van der Waals surface area contributed by atoms with Gasteiger partial charge in [-0.3, -0.25) is 4.79 Å². The van der Waals surface area contributed by atoms with E-state index in [0.717, 1.165) is 19.3 Å². The molecule has 1 aliphatic rings. The first kappa shape index (κ1) is 36.3. The summed E-state index contributed by atoms with van der Waals surface area (Å²) in [6.45, 7) is 1.35. The molecule has 0 bridgehead atoms. The van der Waals surface area contributed by atoms with Crippen LogP contribution in [0.1, 0.15) is 64.7 Å². The lowest BCUT2D eigenvalue weighted by Crippen LogP contribution is -2.46. The predicted octanol–water partition coefficient (Wildman–Crippen LogP) is -0.609. The van der Waals surface area contributed by atoms with Crippen molar-refractivity contribution in [1.29, 1.82) is 0 Å². The molecule has 0 saturated carbocycles. The zero-order valence-corrected chi connectivity index (χ0v) is 21.9. The highest BCUT2D eigenvalue weighted by Crippen LogP contribution is 2.29. The van der Waals surface area contributed by atoms with Crippen molar-refractivity contribution in [2.24, 2.45) is 5.92 Å². The average Bonchev–Trinajstić information content (AvgIpc) is 2.88. The largest absolute Gasteiger partial charge is 0.481 e. The van der Waals surface area contributed by atoms with E-state index in [-0.39, 0.29) is 25.0 Å². The molecule has 1 rings (SSSR count). The predicted molar refractivity (Wildman–Crippen MR) is 137 cm³/mol. The number of hydrogen-bond donors (Lipinski definition) is 9. The number of ether oxygens (including phenoxy) is 1. The number of unbranched alkanes of at least 4 members (excludes halogenated alkanes) is 3. The number of allylic oxidation sites excluding steroid dienone is 2. The summed E-state index contributed by atoms with van der Waals surface area (Å²) in [5, 5.41) is 82.2. The summed E-state index contributed by atoms with van der Waals surface area (Å²) in [6, 6.07) is 0. The van der Waals surface area contributed by atoms with Crippen LogP contribution in [0.2, 0.25) is 0 Å². The minimum Gasteiger partial charge on any atom is -0.481 e. The molecule has 1 saturated heterocycles. The molecule has 0 aromatic heterocycles. The minimum absolute atomic E-state index is 0.0258. The van der Waals surface area contributed by atoms with Crippen LogP contribution in [0.3, 0.4) is 0 Å². The van der Waals surface area contributed by atoms with E-state index in [9.17, 15) is 24.9 Å². The van der Waals surface area contributed by atoms with Crippen LogP contribution in [0, 0.1) is 5.92 Å². The van der Waals surface area contributed by atoms with E-state index in [0.29, 0.717) is 25.7 Å². The van der Waals surface area contributed by atoms with Gasteiger partial charge in [-0.25, -0.2) is 0 Å². The van der Waals surface area contributed by atoms with Crippen LogP contribution in [0.4, 0.5) is 0 Å². The maximum absolute atomic E-state index is 10.5. The summed E-state index contributed by atoms with van der Waals surface area (Å²) >= 11 is 0. The maximum Gasteiger partial charge on any atom is 0.303 e. The van der Waals surface area contributed by atoms with Gasteiger partial charge in [0, 0.05) is 18.8 Å². The fourth-order valence-corrected chi connectivity index (χ4v) is 3.72. The Labute approximate surface area is 223 Å². The molecule has 222 valence electrons. The quantitative estimate of drug-likeness (QED) is 0.0628. The van der Waals surface area contributed by atoms with E-state index >= 15 is 0 Å². The standard InChI is InChI=1S/C20H34O6.C6H12O6/c1-2-3-6-9-15(21)12-13-18-16(17(22)14-20(25)26-18)10-7-4-5-8-11-19(23)24;7-1-3(9)5(11)6(12)4(10)2-8/h4,7,12-13,15-18,20-22,25H,2-3,5-6,8-11,14H2,1H3,(H,23,24);1,3-6,8-12H,2H2/b7-4-,13-12+;/t15-,16-,17-,18+,20?;3-,4+,5+,6+/m00/s1. The molecule has 1 heterocycles. The van der Waals surface area contributed by atoms with Gasteiger partial charge in [0.05, 0.1) is 24.9 Å². The highest BCUT2D eigenvalue weighted by Gasteiger charge is 2.35. The molecule has 9 atom stereocenters. The molecule has 0 aliphatic carbocycles. The zero-order valence-electron chi connectivity index (χ0n) is 21.9. The summed E-state index contributed by atoms with van der Waals surface area (Å²) in [7, 11) is 0. The van der Waals surface area contributed by atoms with E-state index < -0.39 is 61.6 Å². The van der Waals surface area contributed by atoms with Gasteiger partial charge in [0.25, 0.3) is 0 Å². The van der Waals surface area contributed by atoms with Crippen LogP contribution in [-0.2, 0) is 14.3 Å². The topological polar surface area (TPSA) is 225 Å². The molecule has 0 amide bonds. The summed E-state index contributed by atoms with van der Waals surface area (Å²) < 4.78 is 5.54. The van der Waals surface area contributed by atoms with Gasteiger partial charge in [-0.15, -0.1) is 0 Å². The Kier molecular flexibility index (Phi) is 20.2. The van der Waals surface area contributed by atoms with Gasteiger partial charge in [-0.05, 0) is 25.7 Å². The second-order valence-corrected chi connectivity index (χ2v) is 9.32. The molecular formula is C26H46O12. The molecule has 1 unspecified atom stereocenters. The number of hydrogen-bond acceptors (Lipinski definition) is 11. The molecular weight excluding hydrogens is 504 g/mol. The number of aldehydes is 1. The van der Waals surface area contributed by atoms with Crippen LogP contribution in [0.15, 0.2) is 24.3 Å². The van der Waals surface area contributed by atoms with Gasteiger partial charge in [-0.2, -0.15) is 0 Å². The van der Waals surface area contributed by atoms with E-state index in [2.05, 4.69) is 6.92 Å². The first-order valence-corrected chi connectivity index (χ1v) is 13.0. The zero-order chi connectivity index (χ0) is 29.1. The summed E-state index contributed by atoms with van der Waals surface area (Å²) in [4.78, 5) is 20.4. The Hall–Kier alpha value is -1.74. The van der Waals surface area contributed by atoms with Crippen LogP contribution < -0.4 is 0 Å². The summed E-state index contributed by atoms with van der Waals surface area (Å²) in [5.41, 5.74) is 0. The van der Waals surface area contributed by atoms with Crippen molar-refractivity contribution in [2.75, 3.05) is 6.61 Å². The van der Waals surface area contributed by atoms with Crippen LogP contribution in [-0.4, -0.2) is 114 Å². The van der Waals surface area contributed by atoms with Gasteiger partial charge < -0.3 is 55.5 Å². The van der Waals surface area contributed by atoms with Crippen molar-refractivity contribution in [3.8, 4) is 0 Å². The summed E-state index contributed by atoms with van der Waals surface area (Å²) in [5.74, 6) is -1.00. The van der Waals surface area contributed by atoms with E-state index in [1.807, 2.05) is 12.2 Å². The Bertz CT molecular complexity index is 685. The monoisotopic (exact) mass is 550 g/mol. The number of aliphatic hydroxyl groups is 8. The molecule has 38 heavy (non-hydrogen) atoms. The van der Waals surface area contributed by atoms with Crippen molar-refractivity contribution >= 4 is 12.3 Å². The molecule has 9 N–H and O–H groups in total. The number of carboxylic acid groups (broad SMARTS) is 1. The van der Waals surface area contributed by atoms with Gasteiger partial charge in [0.1, 0.15) is 24.4 Å². The van der Waals surface area contributed by atoms with Gasteiger partial charge in [-0.1, -0.05) is 50.5 Å². The van der Waals surface area contributed by atoms with Crippen molar-refractivity contribution < 1.29 is 60.3 Å². The Morgan fingerprint density at radius 2 is 1.71 bits per heavy atom. The number of carbonyl (C=O) groups is 2. The second-order valence-electron chi connectivity index (χ2n) is 9.32. The highest BCUT2D eigenvalue weighted by atomic mass is 16.6. The van der Waals surface area contributed by atoms with Crippen LogP contribution >= 0.6 is 0 Å². The molecule has 1 fully saturated rings. The van der Waals surface area contributed by atoms with Crippen molar-refractivity contribution in [3.05, 3.63) is 24.3 Å². The third kappa shape index (κ3) is 15.6. The number of aliphatic hydroxyl groups excluding tert-OH is 8. The third-order valence-electron chi connectivity index (χ3n) is 6.06. The maximum atomic E-state index is 10.5. The number of carbonyl (C=O) groups excluding carboxylic acids is 1. The SMILES string of the molecule is CCCCC[C@H](O)/C=C/[C@H]1OC(O)C[C@H](O)[C@@H]1C/C=C\CCCC(=O)O.O=C[C@H](O)[C@@H](O)[C@H](O)[C@H](O)CO. The van der Waals surface area contributed by atoms with Crippen LogP contribution in [0.25, 0.3) is 0 Å². The Morgan fingerprint density at radius 1 is 1.03 bits per heavy atom. The fourth-order valence-electron chi connectivity index (χ4n) is 3.72. The fraction of sp³-hybridized carbons (Fsp3) is 0.769. The number of carboxylic acids is 1. The van der Waals surface area contributed by atoms with Gasteiger partial charge in [0.2, 0.25) is 0 Å². The van der Waals surface area contributed by atoms with E-state index in [1.54, 1.807) is 12.2 Å². The lowest BCUT2D eigenvalue weighted by molar-refractivity contribution is -0.199. The molecule has 12 nitrogen and oxygen atoms in total. The average molecular weight is 551 g/mol. The van der Waals surface area contributed by atoms with Crippen molar-refractivity contribution in [3.63, 3.8) is 0 Å². The molecule has 12 heteroatoms. The minimum atomic E-state index is -1.79. The first-order chi connectivity index (χ1) is 18.0. The normalized spacial score (nSPS) is 25.8. The Morgan fingerprint density at radius 3 is 2.29 bits per heavy atom. The van der Waals surface area contributed by atoms with Crippen molar-refractivity contribution in [2.45, 2.75) is 114 Å². The Balaban J connectivity index is 0.000000958. The first-order valence-electron chi connectivity index (χ1n) is 13.0. The van der Waals surface area contributed by atoms with Gasteiger partial charge in [0.15, 0.2) is 12.6 Å². The summed E-state index contributed by atoms with van der Waals surface area (Å²) in [6.07, 6.45) is 3.71. The van der Waals surface area contributed by atoms with E-state index in [4.69, 9.17) is 35.4 Å². The van der Waals surface area contributed by atoms with Crippen molar-refractivity contribution in [1.82, 2.24) is 0 Å². The second kappa shape index (κ2) is 21.1. The lowest BCUT2D eigenvalue weighted by atomic mass is 9.87. The molecule has 0 aromatic rings. The molecule has 1 aliphatic heterocycles. The molecule has 0 radical (unpaired) electrons. The number of aliphatic carboxylic acids is 1. The smallest absolute Gasteiger partial charge is 0.303 e. The lowest BCUT2D eigenvalue weighted by Gasteiger charge is -2.36. The van der Waals surface area contributed by atoms with Crippen LogP contribution in [0.5, 0.6) is 0 Å². The van der Waals surface area contributed by atoms with E-state index in [1.165, 1.54) is 0 Å².